The van der Waals surface area contributed by atoms with Gasteiger partial charge in [-0.15, -0.1) is 11.3 Å². The first kappa shape index (κ1) is 53.1. The van der Waals surface area contributed by atoms with Gasteiger partial charge >= 0.3 is 5.97 Å². The van der Waals surface area contributed by atoms with E-state index in [1.54, 1.807) is 19.2 Å². The van der Waals surface area contributed by atoms with Crippen LogP contribution >= 0.6 is 11.3 Å². The van der Waals surface area contributed by atoms with Gasteiger partial charge in [-0.1, -0.05) is 26.8 Å². The van der Waals surface area contributed by atoms with E-state index in [1.165, 1.54) is 24.2 Å². The summed E-state index contributed by atoms with van der Waals surface area (Å²) in [6.07, 6.45) is 7.16. The largest absolute Gasteiger partial charge is 0.464 e. The minimum Gasteiger partial charge on any atom is -0.464 e. The monoisotopic (exact) mass is 1080 g/mol. The molecule has 0 spiro atoms. The molecule has 1 aromatic carbocycles. The number of methoxy groups -OCH3 is 2. The van der Waals surface area contributed by atoms with Crippen LogP contribution in [0.25, 0.3) is 33.4 Å². The van der Waals surface area contributed by atoms with E-state index in [-0.39, 0.29) is 60.2 Å². The summed E-state index contributed by atoms with van der Waals surface area (Å²) in [5, 5.41) is 8.62. The number of esters is 1. The number of piperazine rings is 1. The number of ether oxygens (including phenoxy) is 6. The van der Waals surface area contributed by atoms with E-state index in [9.17, 15) is 9.59 Å². The molecule has 77 heavy (non-hydrogen) atoms. The number of aromatic nitrogens is 3. The molecule has 2 amide bonds. The molecule has 6 saturated heterocycles. The molecule has 8 fully saturated rings. The van der Waals surface area contributed by atoms with E-state index in [2.05, 4.69) is 94.3 Å². The highest BCUT2D eigenvalue weighted by molar-refractivity contribution is 7.10. The lowest BCUT2D eigenvalue weighted by Gasteiger charge is -2.54. The van der Waals surface area contributed by atoms with Gasteiger partial charge in [0, 0.05) is 124 Å². The third kappa shape index (κ3) is 10.5. The van der Waals surface area contributed by atoms with Crippen molar-refractivity contribution >= 4 is 45.7 Å². The maximum absolute atomic E-state index is 15.3. The number of anilines is 1. The van der Waals surface area contributed by atoms with Gasteiger partial charge in [0.25, 0.3) is 5.91 Å². The van der Waals surface area contributed by atoms with Crippen LogP contribution in [-0.2, 0) is 55.8 Å². The maximum Gasteiger partial charge on any atom is 0.325 e. The molecule has 7 atom stereocenters. The molecule has 2 aliphatic carbocycles. The van der Waals surface area contributed by atoms with Gasteiger partial charge in [-0.2, -0.15) is 0 Å². The summed E-state index contributed by atoms with van der Waals surface area (Å²) >= 11 is 1.49. The van der Waals surface area contributed by atoms with Crippen molar-refractivity contribution in [3.63, 3.8) is 0 Å². The molecule has 0 radical (unpaired) electrons. The smallest absolute Gasteiger partial charge is 0.325 e. The van der Waals surface area contributed by atoms with E-state index in [0.29, 0.717) is 63.7 Å². The third-order valence-electron chi connectivity index (χ3n) is 18.0. The fourth-order valence-electron chi connectivity index (χ4n) is 13.1. The predicted octanol–water partition coefficient (Wildman–Crippen LogP) is 6.30. The molecular formula is C58H79N9O9S. The number of cyclic esters (lactones) is 1. The Labute approximate surface area is 456 Å². The summed E-state index contributed by atoms with van der Waals surface area (Å²) in [6, 6.07) is 7.11. The summed E-state index contributed by atoms with van der Waals surface area (Å²) in [6.45, 7) is 20.0. The minimum absolute atomic E-state index is 0.00469. The van der Waals surface area contributed by atoms with Crippen molar-refractivity contribution in [2.75, 3.05) is 84.8 Å². The second-order valence-corrected chi connectivity index (χ2v) is 25.6. The molecule has 2 N–H and O–H groups in total. The molecule has 9 aliphatic rings. The van der Waals surface area contributed by atoms with Gasteiger partial charge in [0.1, 0.15) is 23.2 Å². The van der Waals surface area contributed by atoms with Gasteiger partial charge in [-0.05, 0) is 89.0 Å². The summed E-state index contributed by atoms with van der Waals surface area (Å²) in [7, 11) is 3.44. The SMILES string of the molecule is COC1CN([C@@H]2c3nc(cs3)-c3ccc4c(c3)c(c(-c3cc(N5CCN(C6CC6)CC5)cnc3[C@H](C)OC)n4CCO[C@H]3CCOC(C)(C)C3)CC(C)(C)COC(=O)[C@H]3NN(C(=O)[C@H]2NC(=O)[C@H]2OC[C@@H]2C)C2CC3C2)C1. The summed E-state index contributed by atoms with van der Waals surface area (Å²) < 4.78 is 39.5. The van der Waals surface area contributed by atoms with Crippen LogP contribution in [0.4, 0.5) is 5.69 Å². The second-order valence-electron chi connectivity index (χ2n) is 24.8. The van der Waals surface area contributed by atoms with Crippen LogP contribution in [-0.4, -0.2) is 175 Å². The molecular weight excluding hydrogens is 999 g/mol. The molecule has 18 nitrogen and oxygen atoms in total. The van der Waals surface area contributed by atoms with Crippen LogP contribution in [0.15, 0.2) is 35.8 Å². The molecule has 4 aromatic rings. The first-order valence-electron chi connectivity index (χ1n) is 28.4. The summed E-state index contributed by atoms with van der Waals surface area (Å²) in [5.74, 6) is -1.03. The number of hydrazine groups is 1. The van der Waals surface area contributed by atoms with Crippen LogP contribution in [0.2, 0.25) is 0 Å². The number of benzene rings is 1. The molecule has 10 heterocycles. The van der Waals surface area contributed by atoms with Crippen molar-refractivity contribution in [2.45, 2.75) is 153 Å². The standard InChI is InChI=1S/C58H79N9O9S/c1-33-30-74-52(33)53(68)61-49-51(65-28-41(29-65)72-8)54-60-45(31-77-54)35-9-12-46-42(23-35)44(26-57(3,4)32-75-56(70)48-36-21-38(22-36)67(62-48)55(49)69)50(66(46)18-20-73-40-13-19-76-58(5,6)25-40)43-24-39(27-59-47(43)34(2)71-7)64-16-14-63(15-17-64)37-10-11-37/h9,12,23-24,27,31,33-34,36-38,40-41,48-49,51-52,62H,10-11,13-22,25-26,28-30,32H2,1-8H3,(H,61,68)/t33-,34-,36?,38?,40-,48-,49-,51-,52-/m0/s1. The topological polar surface area (TPSA) is 174 Å². The van der Waals surface area contributed by atoms with Gasteiger partial charge < -0.3 is 43.2 Å². The fraction of sp³-hybridized carbons (Fsp3) is 0.672. The van der Waals surface area contributed by atoms with E-state index in [4.69, 9.17) is 38.4 Å². The Morgan fingerprint density at radius 1 is 1.00 bits per heavy atom. The van der Waals surface area contributed by atoms with Crippen LogP contribution < -0.4 is 15.6 Å². The Balaban J connectivity index is 1.01. The number of hydrogen-bond donors (Lipinski definition) is 2. The number of likely N-dealkylation sites (tertiary alicyclic amines) is 1. The van der Waals surface area contributed by atoms with Crippen molar-refractivity contribution in [1.29, 1.82) is 0 Å². The van der Waals surface area contributed by atoms with Crippen LogP contribution in [0, 0.1) is 17.3 Å². The number of pyridine rings is 1. The number of carbonyl (C=O) groups excluding carboxylic acids is 3. The van der Waals surface area contributed by atoms with Gasteiger partial charge in [-0.25, -0.2) is 10.4 Å². The first-order valence-corrected chi connectivity index (χ1v) is 29.3. The van der Waals surface area contributed by atoms with Crippen LogP contribution in [0.3, 0.4) is 0 Å². The molecule has 2 saturated carbocycles. The van der Waals surface area contributed by atoms with Crippen molar-refractivity contribution in [3.8, 4) is 22.5 Å². The highest BCUT2D eigenvalue weighted by Gasteiger charge is 2.54. The second kappa shape index (κ2) is 21.2. The third-order valence-corrected chi connectivity index (χ3v) is 18.9. The predicted molar refractivity (Wildman–Crippen MR) is 292 cm³/mol. The maximum atomic E-state index is 15.3. The Bertz CT molecular complexity index is 2850. The number of nitrogens with one attached hydrogen (secondary N) is 2. The number of carbonyl (C=O) groups is 3. The lowest BCUT2D eigenvalue weighted by Crippen LogP contribution is -2.73. The van der Waals surface area contributed by atoms with Crippen LogP contribution in [0.5, 0.6) is 0 Å². The Hall–Kier alpha value is -4.57. The van der Waals surface area contributed by atoms with Gasteiger partial charge in [0.15, 0.2) is 0 Å². The van der Waals surface area contributed by atoms with Gasteiger partial charge in [-0.3, -0.25) is 34.2 Å². The highest BCUT2D eigenvalue weighted by atomic mass is 32.1. The number of rotatable bonds is 13. The Kier molecular flexibility index (Phi) is 14.6. The zero-order valence-corrected chi connectivity index (χ0v) is 47.1. The van der Waals surface area contributed by atoms with Crippen molar-refractivity contribution in [3.05, 3.63) is 52.1 Å². The van der Waals surface area contributed by atoms with Crippen molar-refractivity contribution < 1.29 is 42.8 Å². The Morgan fingerprint density at radius 2 is 1.79 bits per heavy atom. The molecule has 416 valence electrons. The molecule has 13 rings (SSSR count). The van der Waals surface area contributed by atoms with E-state index < -0.39 is 35.6 Å². The van der Waals surface area contributed by atoms with E-state index in [1.807, 2.05) is 13.1 Å². The number of amides is 2. The normalized spacial score (nSPS) is 30.2. The zero-order chi connectivity index (χ0) is 53.5. The number of fused-ring (bicyclic) bond motifs is 4. The van der Waals surface area contributed by atoms with E-state index >= 15 is 4.79 Å². The Morgan fingerprint density at radius 3 is 2.49 bits per heavy atom. The van der Waals surface area contributed by atoms with E-state index in [0.717, 1.165) is 95.4 Å². The van der Waals surface area contributed by atoms with Gasteiger partial charge in [0.05, 0.1) is 78.7 Å². The minimum atomic E-state index is -1.05. The average molecular weight is 1080 g/mol. The number of nitrogens with zero attached hydrogens (tertiary/aromatic N) is 7. The molecule has 8 bridgehead atoms. The molecule has 19 heteroatoms. The lowest BCUT2D eigenvalue weighted by atomic mass is 9.73. The first-order chi connectivity index (χ1) is 37.0. The van der Waals surface area contributed by atoms with Gasteiger partial charge in [0.2, 0.25) is 5.91 Å². The molecule has 3 aromatic heterocycles. The van der Waals surface area contributed by atoms with Crippen molar-refractivity contribution in [1.82, 2.24) is 40.1 Å². The number of thiazole rings is 1. The molecule has 0 unspecified atom stereocenters. The summed E-state index contributed by atoms with van der Waals surface area (Å²) in [5.41, 5.74) is 10.4. The molecule has 7 aliphatic heterocycles. The zero-order valence-electron chi connectivity index (χ0n) is 46.3. The van der Waals surface area contributed by atoms with Crippen LogP contribution in [0.1, 0.15) is 108 Å². The average Bonchev–Trinajstić information content (AvgIpc) is 4.10. The number of hydrogen-bond acceptors (Lipinski definition) is 16. The summed E-state index contributed by atoms with van der Waals surface area (Å²) in [4.78, 5) is 62.1. The lowest BCUT2D eigenvalue weighted by molar-refractivity contribution is -0.174. The quantitative estimate of drug-likeness (QED) is 0.143. The van der Waals surface area contributed by atoms with Crippen molar-refractivity contribution in [2.24, 2.45) is 17.3 Å². The highest BCUT2D eigenvalue weighted by Crippen LogP contribution is 2.46. The fourth-order valence-corrected chi connectivity index (χ4v) is 14.1.